The molecule has 2 unspecified atom stereocenters. The molecule has 35 heavy (non-hydrogen) atoms. The van der Waals surface area contributed by atoms with Gasteiger partial charge in [0, 0.05) is 18.7 Å². The third-order valence-electron chi connectivity index (χ3n) is 5.86. The number of carbonyl (C=O) groups is 4. The number of aliphatic hydroxyl groups is 1. The zero-order chi connectivity index (χ0) is 25.7. The molecule has 1 aliphatic heterocycles. The number of carboxylic acid groups (broad SMARTS) is 1. The fraction of sp³-hybridized carbons (Fsp3) is 0.308. The number of hydrogen-bond donors (Lipinski definition) is 2. The third kappa shape index (κ3) is 5.41. The normalized spacial score (nSPS) is 17.6. The number of amides is 3. The van der Waals surface area contributed by atoms with Gasteiger partial charge in [-0.15, -0.1) is 0 Å². The van der Waals surface area contributed by atoms with Crippen LogP contribution in [0.2, 0.25) is 0 Å². The number of hydrogen-bond acceptors (Lipinski definition) is 5. The predicted molar refractivity (Wildman–Crippen MR) is 128 cm³/mol. The van der Waals surface area contributed by atoms with Gasteiger partial charge in [0.05, 0.1) is 11.7 Å². The van der Waals surface area contributed by atoms with Crippen molar-refractivity contribution in [2.75, 3.05) is 0 Å². The molecule has 1 heterocycles. The molecule has 0 saturated heterocycles. The maximum Gasteiger partial charge on any atom is 0.334 e. The molecule has 9 heteroatoms. The Kier molecular flexibility index (Phi) is 8.03. The summed E-state index contributed by atoms with van der Waals surface area (Å²) >= 11 is 0. The van der Waals surface area contributed by atoms with E-state index < -0.39 is 36.0 Å². The predicted octanol–water partition coefficient (Wildman–Crippen LogP) is 2.13. The fourth-order valence-corrected chi connectivity index (χ4v) is 4.28. The summed E-state index contributed by atoms with van der Waals surface area (Å²) in [6, 6.07) is 15.3. The van der Waals surface area contributed by atoms with Crippen LogP contribution in [0.5, 0.6) is 0 Å². The van der Waals surface area contributed by atoms with Gasteiger partial charge in [0.1, 0.15) is 6.04 Å². The van der Waals surface area contributed by atoms with Crippen molar-refractivity contribution in [1.29, 1.82) is 0 Å². The van der Waals surface area contributed by atoms with Gasteiger partial charge in [0.15, 0.2) is 6.10 Å². The quantitative estimate of drug-likeness (QED) is 0.532. The van der Waals surface area contributed by atoms with Gasteiger partial charge < -0.3 is 15.1 Å². The standard InChI is InChI=1S/C26H29N3O6/c1-17(2)23-25(33)29(22(15-27(23)16-30)20-12-8-5-9-13-20)28(18(3)31)21(24(32)26(34)35)14-19-10-6-4-7-11-19/h4-13,15-17,21,23-24,32H,14H2,1-3H3,(H,34,35)/t21-,23?,24?/m0/s1. The van der Waals surface area contributed by atoms with Gasteiger partial charge in [-0.05, 0) is 17.9 Å². The smallest absolute Gasteiger partial charge is 0.334 e. The monoisotopic (exact) mass is 479 g/mol. The minimum atomic E-state index is -1.98. The molecule has 3 rings (SSSR count). The van der Waals surface area contributed by atoms with Crippen LogP contribution < -0.4 is 0 Å². The van der Waals surface area contributed by atoms with Crippen molar-refractivity contribution in [2.24, 2.45) is 5.92 Å². The number of carboxylic acids is 1. The minimum absolute atomic E-state index is 0.0243. The summed E-state index contributed by atoms with van der Waals surface area (Å²) in [5.41, 5.74) is 1.42. The van der Waals surface area contributed by atoms with Crippen molar-refractivity contribution < 1.29 is 29.4 Å². The molecule has 0 spiro atoms. The lowest BCUT2D eigenvalue weighted by Crippen LogP contribution is -2.64. The van der Waals surface area contributed by atoms with Gasteiger partial charge >= 0.3 is 5.97 Å². The summed E-state index contributed by atoms with van der Waals surface area (Å²) in [5.74, 6) is -3.06. The summed E-state index contributed by atoms with van der Waals surface area (Å²) in [4.78, 5) is 52.0. The Hall–Kier alpha value is -3.98. The van der Waals surface area contributed by atoms with Crippen molar-refractivity contribution in [3.05, 3.63) is 78.0 Å². The van der Waals surface area contributed by atoms with Crippen molar-refractivity contribution in [3.63, 3.8) is 0 Å². The molecule has 2 aromatic carbocycles. The molecule has 0 aliphatic carbocycles. The first-order chi connectivity index (χ1) is 16.7. The van der Waals surface area contributed by atoms with E-state index in [1.54, 1.807) is 74.5 Å². The molecule has 3 atom stereocenters. The van der Waals surface area contributed by atoms with Crippen molar-refractivity contribution in [2.45, 2.75) is 45.4 Å². The van der Waals surface area contributed by atoms with Gasteiger partial charge in [-0.25, -0.2) is 14.8 Å². The summed E-state index contributed by atoms with van der Waals surface area (Å²) in [7, 11) is 0. The lowest BCUT2D eigenvalue weighted by molar-refractivity contribution is -0.174. The summed E-state index contributed by atoms with van der Waals surface area (Å²) < 4.78 is 0. The Morgan fingerprint density at radius 3 is 2.11 bits per heavy atom. The second-order valence-electron chi connectivity index (χ2n) is 8.68. The highest BCUT2D eigenvalue weighted by Crippen LogP contribution is 2.32. The molecular formula is C26H29N3O6. The highest BCUT2D eigenvalue weighted by molar-refractivity contribution is 5.96. The van der Waals surface area contributed by atoms with Crippen molar-refractivity contribution >= 4 is 29.9 Å². The molecule has 2 N–H and O–H groups in total. The minimum Gasteiger partial charge on any atom is -0.479 e. The lowest BCUT2D eigenvalue weighted by atomic mass is 9.97. The van der Waals surface area contributed by atoms with Crippen LogP contribution in [0.15, 0.2) is 66.9 Å². The molecule has 3 amide bonds. The summed E-state index contributed by atoms with van der Waals surface area (Å²) in [5, 5.41) is 22.5. The number of carbonyl (C=O) groups excluding carboxylic acids is 3. The van der Waals surface area contributed by atoms with E-state index in [9.17, 15) is 29.4 Å². The highest BCUT2D eigenvalue weighted by Gasteiger charge is 2.45. The first-order valence-electron chi connectivity index (χ1n) is 11.3. The molecule has 0 radical (unpaired) electrons. The first kappa shape index (κ1) is 25.6. The van der Waals surface area contributed by atoms with E-state index in [1.807, 2.05) is 0 Å². The molecule has 0 bridgehead atoms. The third-order valence-corrected chi connectivity index (χ3v) is 5.86. The number of aliphatic hydroxyl groups excluding tert-OH is 1. The van der Waals surface area contributed by atoms with E-state index in [1.165, 1.54) is 18.0 Å². The summed E-state index contributed by atoms with van der Waals surface area (Å²) in [6.07, 6.45) is 0.0141. The number of aliphatic carboxylic acids is 1. The fourth-order valence-electron chi connectivity index (χ4n) is 4.28. The number of rotatable bonds is 9. The van der Waals surface area contributed by atoms with Crippen LogP contribution in [-0.4, -0.2) is 67.5 Å². The molecule has 0 saturated carbocycles. The van der Waals surface area contributed by atoms with Crippen LogP contribution in [0.1, 0.15) is 31.9 Å². The van der Waals surface area contributed by atoms with Crippen LogP contribution >= 0.6 is 0 Å². The van der Waals surface area contributed by atoms with Gasteiger partial charge in [-0.3, -0.25) is 14.4 Å². The van der Waals surface area contributed by atoms with Crippen LogP contribution in [0, 0.1) is 5.92 Å². The summed E-state index contributed by atoms with van der Waals surface area (Å²) in [6.45, 7) is 4.74. The first-order valence-corrected chi connectivity index (χ1v) is 11.3. The molecule has 0 aromatic heterocycles. The van der Waals surface area contributed by atoms with E-state index in [4.69, 9.17) is 0 Å². The van der Waals surface area contributed by atoms with Crippen LogP contribution in [-0.2, 0) is 25.6 Å². The van der Waals surface area contributed by atoms with E-state index in [0.29, 0.717) is 17.5 Å². The Bertz CT molecular complexity index is 1100. The molecule has 9 nitrogen and oxygen atoms in total. The average molecular weight is 480 g/mol. The maximum absolute atomic E-state index is 13.9. The Morgan fingerprint density at radius 1 is 1.06 bits per heavy atom. The van der Waals surface area contributed by atoms with Crippen LogP contribution in [0.25, 0.3) is 5.70 Å². The van der Waals surface area contributed by atoms with Crippen LogP contribution in [0.4, 0.5) is 0 Å². The second-order valence-corrected chi connectivity index (χ2v) is 8.68. The zero-order valence-corrected chi connectivity index (χ0v) is 19.8. The highest BCUT2D eigenvalue weighted by atomic mass is 16.4. The Labute approximate surface area is 203 Å². The van der Waals surface area contributed by atoms with Crippen LogP contribution in [0.3, 0.4) is 0 Å². The molecular weight excluding hydrogens is 450 g/mol. The lowest BCUT2D eigenvalue weighted by Gasteiger charge is -2.47. The van der Waals surface area contributed by atoms with Crippen molar-refractivity contribution in [1.82, 2.24) is 14.9 Å². The molecule has 184 valence electrons. The van der Waals surface area contributed by atoms with E-state index in [0.717, 1.165) is 10.0 Å². The van der Waals surface area contributed by atoms with Gasteiger partial charge in [-0.2, -0.15) is 0 Å². The number of hydrazine groups is 1. The largest absolute Gasteiger partial charge is 0.479 e. The molecule has 0 fully saturated rings. The van der Waals surface area contributed by atoms with E-state index in [-0.39, 0.29) is 18.0 Å². The average Bonchev–Trinajstić information content (AvgIpc) is 2.84. The van der Waals surface area contributed by atoms with E-state index in [2.05, 4.69) is 0 Å². The molecule has 1 aliphatic rings. The van der Waals surface area contributed by atoms with Gasteiger partial charge in [-0.1, -0.05) is 74.5 Å². The van der Waals surface area contributed by atoms with Gasteiger partial charge in [0.25, 0.3) is 5.91 Å². The zero-order valence-electron chi connectivity index (χ0n) is 19.8. The SMILES string of the molecule is CC(=O)N([C@@H](Cc1ccccc1)C(O)C(=O)O)N1C(=O)C(C(C)C)N(C=O)C=C1c1ccccc1. The van der Waals surface area contributed by atoms with Crippen molar-refractivity contribution in [3.8, 4) is 0 Å². The van der Waals surface area contributed by atoms with E-state index >= 15 is 0 Å². The number of benzene rings is 2. The maximum atomic E-state index is 13.9. The second kappa shape index (κ2) is 11.0. The topological polar surface area (TPSA) is 118 Å². The number of nitrogens with zero attached hydrogens (tertiary/aromatic N) is 3. The van der Waals surface area contributed by atoms with Gasteiger partial charge in [0.2, 0.25) is 12.3 Å². The molecule has 2 aromatic rings. The Morgan fingerprint density at radius 2 is 1.63 bits per heavy atom. The Balaban J connectivity index is 2.22.